The van der Waals surface area contributed by atoms with E-state index in [1.165, 1.54) is 24.3 Å². The molecule has 1 atom stereocenters. The molecule has 0 aliphatic carbocycles. The minimum atomic E-state index is -1.95. The number of carbonyl (C=O) groups excluding carboxylic acids is 2. The van der Waals surface area contributed by atoms with Gasteiger partial charge >= 0.3 is 13.1 Å². The van der Waals surface area contributed by atoms with Crippen molar-refractivity contribution < 1.29 is 39.4 Å². The number of benzene rings is 2. The molecular weight excluding hydrogens is 395 g/mol. The summed E-state index contributed by atoms with van der Waals surface area (Å²) < 4.78 is 5.17. The van der Waals surface area contributed by atoms with Crippen LogP contribution in [0.2, 0.25) is 0 Å². The molecule has 158 valence electrons. The smallest absolute Gasteiger partial charge is 0.475 e. The fraction of sp³-hybridized carbons (Fsp3) is 0.211. The molecule has 0 bridgehead atoms. The van der Waals surface area contributed by atoms with Crippen molar-refractivity contribution in [2.24, 2.45) is 5.73 Å². The Balaban J connectivity index is 2.06. The molecule has 0 saturated heterocycles. The van der Waals surface area contributed by atoms with E-state index in [4.69, 9.17) is 15.6 Å². The van der Waals surface area contributed by atoms with Crippen LogP contribution < -0.4 is 15.8 Å². The van der Waals surface area contributed by atoms with Gasteiger partial charge in [-0.25, -0.2) is 4.79 Å². The highest BCUT2D eigenvalue weighted by atomic mass is 16.5. The van der Waals surface area contributed by atoms with E-state index >= 15 is 0 Å². The first-order valence-electron chi connectivity index (χ1n) is 8.87. The van der Waals surface area contributed by atoms with E-state index in [1.54, 1.807) is 18.2 Å². The Hall–Kier alpha value is -3.57. The van der Waals surface area contributed by atoms with Crippen molar-refractivity contribution in [3.8, 4) is 11.5 Å². The van der Waals surface area contributed by atoms with Crippen molar-refractivity contribution in [3.05, 3.63) is 59.2 Å². The van der Waals surface area contributed by atoms with Gasteiger partial charge in [0, 0.05) is 0 Å². The van der Waals surface area contributed by atoms with Crippen LogP contribution in [0.25, 0.3) is 0 Å². The number of nitrogens with two attached hydrogens (primary N) is 1. The number of rotatable bonds is 10. The molecule has 10 nitrogen and oxygen atoms in total. The molecular formula is C19H21BN2O8. The summed E-state index contributed by atoms with van der Waals surface area (Å²) >= 11 is 0. The van der Waals surface area contributed by atoms with Crippen LogP contribution in [-0.4, -0.2) is 57.7 Å². The number of phenols is 1. The van der Waals surface area contributed by atoms with E-state index in [2.05, 4.69) is 5.32 Å². The predicted molar refractivity (Wildman–Crippen MR) is 106 cm³/mol. The second-order valence-electron chi connectivity index (χ2n) is 6.49. The third-order valence-corrected chi connectivity index (χ3v) is 4.14. The minimum Gasteiger partial charge on any atom is -0.507 e. The van der Waals surface area contributed by atoms with Crippen molar-refractivity contribution >= 4 is 24.9 Å². The summed E-state index contributed by atoms with van der Waals surface area (Å²) in [6.45, 7) is -0.312. The molecule has 0 aliphatic rings. The average molecular weight is 416 g/mol. The number of hydrogen-bond acceptors (Lipinski definition) is 7. The number of carboxylic acids is 1. The monoisotopic (exact) mass is 416 g/mol. The Bertz CT molecular complexity index is 935. The lowest BCUT2D eigenvalue weighted by atomic mass is 9.75. The lowest BCUT2D eigenvalue weighted by molar-refractivity contribution is -0.121. The Morgan fingerprint density at radius 3 is 2.47 bits per heavy atom. The summed E-state index contributed by atoms with van der Waals surface area (Å²) in [5.41, 5.74) is 5.35. The van der Waals surface area contributed by atoms with Crippen LogP contribution in [0.4, 0.5) is 0 Å². The van der Waals surface area contributed by atoms with E-state index in [-0.39, 0.29) is 30.6 Å². The summed E-state index contributed by atoms with van der Waals surface area (Å²) in [6, 6.07) is 10.4. The van der Waals surface area contributed by atoms with Gasteiger partial charge in [-0.15, -0.1) is 0 Å². The Morgan fingerprint density at radius 2 is 1.83 bits per heavy atom. The number of carbonyl (C=O) groups is 3. The van der Waals surface area contributed by atoms with Gasteiger partial charge in [0.15, 0.2) is 6.61 Å². The lowest BCUT2D eigenvalue weighted by Gasteiger charge is -2.19. The zero-order valence-corrected chi connectivity index (χ0v) is 15.8. The van der Waals surface area contributed by atoms with Crippen LogP contribution in [-0.2, 0) is 22.4 Å². The first kappa shape index (κ1) is 22.7. The topological polar surface area (TPSA) is 179 Å². The predicted octanol–water partition coefficient (Wildman–Crippen LogP) is -0.763. The van der Waals surface area contributed by atoms with Crippen molar-refractivity contribution in [1.82, 2.24) is 5.32 Å². The second kappa shape index (κ2) is 10.3. The van der Waals surface area contributed by atoms with E-state index in [9.17, 15) is 29.5 Å². The highest BCUT2D eigenvalue weighted by Gasteiger charge is 2.27. The van der Waals surface area contributed by atoms with Gasteiger partial charge in [0.2, 0.25) is 5.91 Å². The molecule has 7 N–H and O–H groups in total. The van der Waals surface area contributed by atoms with Gasteiger partial charge in [-0.1, -0.05) is 24.3 Å². The van der Waals surface area contributed by atoms with E-state index in [0.717, 1.165) is 0 Å². The summed E-state index contributed by atoms with van der Waals surface area (Å²) in [5.74, 6) is -3.89. The van der Waals surface area contributed by atoms with Crippen LogP contribution in [0, 0.1) is 0 Å². The first-order valence-corrected chi connectivity index (χ1v) is 8.87. The standard InChI is InChI=1S/C19H21BN2O8/c21-16(23)10-30-13-5-1-3-11(7-13)8-17(24)22-15(20(28)29)9-12-4-2-6-14(18(12)25)19(26)27/h1-7,15,25,28-29H,8-10H2,(H2,21,23)(H,22,24)(H,26,27). The van der Waals surface area contributed by atoms with Crippen molar-refractivity contribution in [2.45, 2.75) is 18.8 Å². The maximum absolute atomic E-state index is 12.4. The average Bonchev–Trinajstić information content (AvgIpc) is 2.67. The van der Waals surface area contributed by atoms with E-state index < -0.39 is 36.6 Å². The number of amides is 2. The van der Waals surface area contributed by atoms with Crippen LogP contribution in [0.15, 0.2) is 42.5 Å². The molecule has 0 heterocycles. The SMILES string of the molecule is NC(=O)COc1cccc(CC(=O)NC(Cc2cccc(C(=O)O)c2O)B(O)O)c1. The van der Waals surface area contributed by atoms with Gasteiger partial charge in [-0.2, -0.15) is 0 Å². The second-order valence-corrected chi connectivity index (χ2v) is 6.49. The largest absolute Gasteiger partial charge is 0.507 e. The summed E-state index contributed by atoms with van der Waals surface area (Å²) in [7, 11) is -1.95. The van der Waals surface area contributed by atoms with Crippen molar-refractivity contribution in [2.75, 3.05) is 6.61 Å². The third kappa shape index (κ3) is 6.50. The molecule has 0 fully saturated rings. The maximum Gasteiger partial charge on any atom is 0.475 e. The van der Waals surface area contributed by atoms with Gasteiger partial charge in [0.25, 0.3) is 5.91 Å². The molecule has 30 heavy (non-hydrogen) atoms. The molecule has 0 spiro atoms. The molecule has 0 aromatic heterocycles. The number of para-hydroxylation sites is 1. The fourth-order valence-electron chi connectivity index (χ4n) is 2.74. The number of primary amides is 1. The molecule has 0 radical (unpaired) electrons. The van der Waals surface area contributed by atoms with Gasteiger partial charge < -0.3 is 36.0 Å². The Labute approximate surface area is 172 Å². The molecule has 11 heteroatoms. The van der Waals surface area contributed by atoms with Crippen LogP contribution in [0.1, 0.15) is 21.5 Å². The summed E-state index contributed by atoms with van der Waals surface area (Å²) in [4.78, 5) is 34.3. The molecule has 0 aliphatic heterocycles. The van der Waals surface area contributed by atoms with Crippen LogP contribution >= 0.6 is 0 Å². The number of carboxylic acid groups (broad SMARTS) is 1. The number of nitrogens with one attached hydrogen (secondary N) is 1. The zero-order valence-electron chi connectivity index (χ0n) is 15.8. The van der Waals surface area contributed by atoms with Crippen LogP contribution in [0.3, 0.4) is 0 Å². The highest BCUT2D eigenvalue weighted by molar-refractivity contribution is 6.43. The molecule has 2 amide bonds. The molecule has 0 saturated carbocycles. The summed E-state index contributed by atoms with van der Waals surface area (Å²) in [5, 5.41) is 40.8. The molecule has 2 rings (SSSR count). The Morgan fingerprint density at radius 1 is 1.13 bits per heavy atom. The first-order chi connectivity index (χ1) is 14.2. The van der Waals surface area contributed by atoms with E-state index in [0.29, 0.717) is 11.3 Å². The number of aromatic carboxylic acids is 1. The van der Waals surface area contributed by atoms with Crippen molar-refractivity contribution in [1.29, 1.82) is 0 Å². The third-order valence-electron chi connectivity index (χ3n) is 4.14. The molecule has 1 unspecified atom stereocenters. The fourth-order valence-corrected chi connectivity index (χ4v) is 2.74. The van der Waals surface area contributed by atoms with Gasteiger partial charge in [0.05, 0.1) is 12.4 Å². The lowest BCUT2D eigenvalue weighted by Crippen LogP contribution is -2.48. The Kier molecular flexibility index (Phi) is 7.79. The quantitative estimate of drug-likeness (QED) is 0.273. The van der Waals surface area contributed by atoms with Gasteiger partial charge in [0.1, 0.15) is 17.1 Å². The van der Waals surface area contributed by atoms with Crippen LogP contribution in [0.5, 0.6) is 11.5 Å². The highest BCUT2D eigenvalue weighted by Crippen LogP contribution is 2.24. The van der Waals surface area contributed by atoms with E-state index in [1.807, 2.05) is 0 Å². The summed E-state index contributed by atoms with van der Waals surface area (Å²) in [6.07, 6.45) is -0.337. The minimum absolute atomic E-state index is 0.127. The normalized spacial score (nSPS) is 11.4. The zero-order chi connectivity index (χ0) is 22.3. The number of hydrogen-bond donors (Lipinski definition) is 6. The van der Waals surface area contributed by atoms with Gasteiger partial charge in [-0.05, 0) is 35.7 Å². The van der Waals surface area contributed by atoms with Gasteiger partial charge in [-0.3, -0.25) is 9.59 Å². The number of ether oxygens (including phenoxy) is 1. The van der Waals surface area contributed by atoms with Crippen molar-refractivity contribution in [3.63, 3.8) is 0 Å². The molecule has 2 aromatic carbocycles. The molecule has 2 aromatic rings. The maximum atomic E-state index is 12.4. The number of aromatic hydroxyl groups is 1.